The van der Waals surface area contributed by atoms with Crippen molar-refractivity contribution in [2.45, 2.75) is 20.8 Å². The van der Waals surface area contributed by atoms with Crippen LogP contribution in [-0.4, -0.2) is 4.43 Å². The van der Waals surface area contributed by atoms with E-state index in [2.05, 4.69) is 43.4 Å². The molecule has 44 valence electrons. The summed E-state index contributed by atoms with van der Waals surface area (Å²) in [5, 5.41) is 0. The first-order valence-corrected chi connectivity index (χ1v) is 4.27. The van der Waals surface area contributed by atoms with Gasteiger partial charge in [0.25, 0.3) is 0 Å². The predicted molar refractivity (Wildman–Crippen MR) is 42.9 cm³/mol. The number of halogens is 1. The van der Waals surface area contributed by atoms with E-state index in [9.17, 15) is 0 Å². The largest absolute Gasteiger partial charge is 0.0861 e. The lowest BCUT2D eigenvalue weighted by Gasteiger charge is -2.09. The first-order chi connectivity index (χ1) is 3.18. The lowest BCUT2D eigenvalue weighted by Crippen LogP contribution is -2.03. The number of hydrogen-bond acceptors (Lipinski definition) is 0. The highest BCUT2D eigenvalue weighted by Gasteiger charge is 2.02. The predicted octanol–water partition coefficient (Wildman–Crippen LogP) is 2.71. The normalized spacial score (nSPS) is 15.0. The van der Waals surface area contributed by atoms with Crippen LogP contribution in [0.4, 0.5) is 0 Å². The summed E-state index contributed by atoms with van der Waals surface area (Å²) in [5.41, 5.74) is 0. The minimum Gasteiger partial charge on any atom is -0.0861 e. The van der Waals surface area contributed by atoms with E-state index >= 15 is 0 Å². The maximum absolute atomic E-state index is 2.43. The topological polar surface area (TPSA) is 0 Å². The Morgan fingerprint density at radius 1 is 1.29 bits per heavy atom. The van der Waals surface area contributed by atoms with Crippen molar-refractivity contribution >= 4 is 22.6 Å². The van der Waals surface area contributed by atoms with Crippen molar-refractivity contribution in [3.63, 3.8) is 0 Å². The van der Waals surface area contributed by atoms with Crippen LogP contribution in [0.2, 0.25) is 0 Å². The Morgan fingerprint density at radius 3 is 1.71 bits per heavy atom. The quantitative estimate of drug-likeness (QED) is 0.487. The molecular formula is C6H13I. The van der Waals surface area contributed by atoms with Crippen molar-refractivity contribution < 1.29 is 0 Å². The Hall–Kier alpha value is 0.730. The molecule has 1 atom stereocenters. The van der Waals surface area contributed by atoms with E-state index in [1.165, 1.54) is 4.43 Å². The van der Waals surface area contributed by atoms with Crippen molar-refractivity contribution in [2.75, 3.05) is 4.43 Å². The van der Waals surface area contributed by atoms with E-state index < -0.39 is 0 Å². The van der Waals surface area contributed by atoms with Gasteiger partial charge in [-0.15, -0.1) is 0 Å². The molecule has 0 rings (SSSR count). The second-order valence-corrected chi connectivity index (χ2v) is 3.26. The Labute approximate surface area is 59.8 Å². The fourth-order valence-electron chi connectivity index (χ4n) is 0.178. The van der Waals surface area contributed by atoms with Gasteiger partial charge in [-0.2, -0.15) is 0 Å². The number of rotatable bonds is 2. The summed E-state index contributed by atoms with van der Waals surface area (Å²) in [7, 11) is 0. The van der Waals surface area contributed by atoms with Gasteiger partial charge < -0.3 is 0 Å². The SMILES string of the molecule is CC(C)[C@H](C)CI. The average molecular weight is 212 g/mol. The zero-order chi connectivity index (χ0) is 5.86. The molecule has 0 aromatic heterocycles. The van der Waals surface area contributed by atoms with Crippen molar-refractivity contribution in [2.24, 2.45) is 11.8 Å². The fourth-order valence-corrected chi connectivity index (χ4v) is 1.20. The third-order valence-electron chi connectivity index (χ3n) is 1.38. The van der Waals surface area contributed by atoms with Crippen LogP contribution < -0.4 is 0 Å². The number of hydrogen-bond donors (Lipinski definition) is 0. The van der Waals surface area contributed by atoms with Gasteiger partial charge in [-0.05, 0) is 11.8 Å². The highest BCUT2D eigenvalue weighted by molar-refractivity contribution is 14.1. The molecule has 0 bridgehead atoms. The van der Waals surface area contributed by atoms with E-state index in [-0.39, 0.29) is 0 Å². The van der Waals surface area contributed by atoms with Crippen molar-refractivity contribution in [3.8, 4) is 0 Å². The first kappa shape index (κ1) is 7.73. The molecule has 0 spiro atoms. The molecule has 0 saturated carbocycles. The summed E-state index contributed by atoms with van der Waals surface area (Å²) in [5.74, 6) is 1.75. The average Bonchev–Trinajstić information content (AvgIpc) is 1.65. The smallest absolute Gasteiger partial charge is 0.00235 e. The molecule has 0 aliphatic heterocycles. The molecule has 1 heteroatoms. The van der Waals surface area contributed by atoms with Crippen molar-refractivity contribution in [1.82, 2.24) is 0 Å². The second kappa shape index (κ2) is 3.70. The van der Waals surface area contributed by atoms with Crippen LogP contribution in [0.25, 0.3) is 0 Å². The summed E-state index contributed by atoms with van der Waals surface area (Å²) in [6, 6.07) is 0. The van der Waals surface area contributed by atoms with Crippen molar-refractivity contribution in [1.29, 1.82) is 0 Å². The molecule has 0 fully saturated rings. The van der Waals surface area contributed by atoms with Gasteiger partial charge in [0.1, 0.15) is 0 Å². The molecule has 0 aliphatic rings. The van der Waals surface area contributed by atoms with Crippen LogP contribution in [0.3, 0.4) is 0 Å². The first-order valence-electron chi connectivity index (χ1n) is 2.74. The standard InChI is InChI=1S/C6H13I/c1-5(2)6(3)4-7/h5-6H,4H2,1-3H3/t6-/m1/s1. The van der Waals surface area contributed by atoms with Crippen LogP contribution in [0, 0.1) is 11.8 Å². The summed E-state index contributed by atoms with van der Waals surface area (Å²) >= 11 is 2.43. The molecule has 0 nitrogen and oxygen atoms in total. The van der Waals surface area contributed by atoms with E-state index in [1.54, 1.807) is 0 Å². The highest BCUT2D eigenvalue weighted by atomic mass is 127. The zero-order valence-electron chi connectivity index (χ0n) is 5.24. The Kier molecular flexibility index (Phi) is 4.08. The van der Waals surface area contributed by atoms with Gasteiger partial charge >= 0.3 is 0 Å². The van der Waals surface area contributed by atoms with E-state index in [0.717, 1.165) is 11.8 Å². The Morgan fingerprint density at radius 2 is 1.71 bits per heavy atom. The third kappa shape index (κ3) is 3.32. The summed E-state index contributed by atoms with van der Waals surface area (Å²) in [6.45, 7) is 6.82. The van der Waals surface area contributed by atoms with Crippen LogP contribution in [0.15, 0.2) is 0 Å². The van der Waals surface area contributed by atoms with E-state index in [0.29, 0.717) is 0 Å². The van der Waals surface area contributed by atoms with Crippen LogP contribution in [-0.2, 0) is 0 Å². The minimum atomic E-state index is 0.858. The minimum absolute atomic E-state index is 0.858. The maximum atomic E-state index is 2.43. The molecule has 0 amide bonds. The lowest BCUT2D eigenvalue weighted by atomic mass is 10.0. The third-order valence-corrected chi connectivity index (χ3v) is 2.77. The van der Waals surface area contributed by atoms with Gasteiger partial charge in [0.2, 0.25) is 0 Å². The van der Waals surface area contributed by atoms with E-state index in [1.807, 2.05) is 0 Å². The summed E-state index contributed by atoms with van der Waals surface area (Å²) in [4.78, 5) is 0. The fraction of sp³-hybridized carbons (Fsp3) is 1.00. The molecule has 0 heterocycles. The van der Waals surface area contributed by atoms with Gasteiger partial charge in [0.05, 0.1) is 0 Å². The molecule has 0 aromatic rings. The lowest BCUT2D eigenvalue weighted by molar-refractivity contribution is 0.470. The van der Waals surface area contributed by atoms with Gasteiger partial charge in [-0.1, -0.05) is 43.4 Å². The second-order valence-electron chi connectivity index (χ2n) is 2.38. The zero-order valence-corrected chi connectivity index (χ0v) is 7.40. The van der Waals surface area contributed by atoms with Crippen LogP contribution in [0.5, 0.6) is 0 Å². The molecule has 0 radical (unpaired) electrons. The highest BCUT2D eigenvalue weighted by Crippen LogP contribution is 2.11. The maximum Gasteiger partial charge on any atom is 0.00235 e. The van der Waals surface area contributed by atoms with Gasteiger partial charge in [-0.25, -0.2) is 0 Å². The summed E-state index contributed by atoms with van der Waals surface area (Å²) in [6.07, 6.45) is 0. The monoisotopic (exact) mass is 212 g/mol. The number of alkyl halides is 1. The molecule has 0 aliphatic carbocycles. The van der Waals surface area contributed by atoms with Gasteiger partial charge in [0, 0.05) is 4.43 Å². The summed E-state index contributed by atoms with van der Waals surface area (Å²) < 4.78 is 1.29. The molecule has 0 saturated heterocycles. The molecule has 0 unspecified atom stereocenters. The molecular weight excluding hydrogens is 199 g/mol. The molecule has 7 heavy (non-hydrogen) atoms. The van der Waals surface area contributed by atoms with Crippen LogP contribution in [0.1, 0.15) is 20.8 Å². The van der Waals surface area contributed by atoms with Crippen molar-refractivity contribution in [3.05, 3.63) is 0 Å². The van der Waals surface area contributed by atoms with Gasteiger partial charge in [-0.3, -0.25) is 0 Å². The Balaban J connectivity index is 3.14. The van der Waals surface area contributed by atoms with Gasteiger partial charge in [0.15, 0.2) is 0 Å². The van der Waals surface area contributed by atoms with E-state index in [4.69, 9.17) is 0 Å². The molecule has 0 aromatic carbocycles. The Bertz CT molecular complexity index is 41.4. The molecule has 0 N–H and O–H groups in total. The van der Waals surface area contributed by atoms with Crippen LogP contribution >= 0.6 is 22.6 Å².